The summed E-state index contributed by atoms with van der Waals surface area (Å²) in [7, 11) is 0. The average molecular weight is 543 g/mol. The third kappa shape index (κ3) is 30.2. The molecule has 0 spiro atoms. The summed E-state index contributed by atoms with van der Waals surface area (Å²) in [5.41, 5.74) is 0. The number of hydrogen-bond acceptors (Lipinski definition) is 4. The van der Waals surface area contributed by atoms with Crippen molar-refractivity contribution in [3.8, 4) is 0 Å². The molecule has 39 heavy (non-hydrogen) atoms. The Bertz CT molecular complexity index is 699. The fourth-order valence-corrected chi connectivity index (χ4v) is 3.73. The van der Waals surface area contributed by atoms with Crippen LogP contribution < -0.4 is 0 Å². The van der Waals surface area contributed by atoms with Crippen molar-refractivity contribution in [2.45, 2.75) is 123 Å². The average Bonchev–Trinajstić information content (AvgIpc) is 2.94. The molecule has 1 unspecified atom stereocenters. The van der Waals surface area contributed by atoms with Gasteiger partial charge >= 0.3 is 5.97 Å². The van der Waals surface area contributed by atoms with E-state index in [0.29, 0.717) is 19.4 Å². The molecule has 0 fully saturated rings. The monoisotopic (exact) mass is 542 g/mol. The molecule has 0 aromatic carbocycles. The van der Waals surface area contributed by atoms with Crippen LogP contribution in [0.5, 0.6) is 0 Å². The molecule has 4 nitrogen and oxygen atoms in total. The van der Waals surface area contributed by atoms with Crippen LogP contribution in [-0.2, 0) is 14.3 Å². The molecule has 0 aliphatic rings. The predicted octanol–water partition coefficient (Wildman–Crippen LogP) is 9.53. The van der Waals surface area contributed by atoms with Gasteiger partial charge in [0, 0.05) is 13.0 Å². The lowest BCUT2D eigenvalue weighted by atomic mass is 10.1. The zero-order valence-electron chi connectivity index (χ0n) is 25.1. The Balaban J connectivity index is 3.63. The van der Waals surface area contributed by atoms with Gasteiger partial charge in [0.25, 0.3) is 0 Å². The molecular weight excluding hydrogens is 484 g/mol. The van der Waals surface area contributed by atoms with E-state index in [1.165, 1.54) is 44.9 Å². The first-order chi connectivity index (χ1) is 19.2. The molecule has 0 amide bonds. The van der Waals surface area contributed by atoms with Crippen LogP contribution in [0.15, 0.2) is 72.9 Å². The van der Waals surface area contributed by atoms with Crippen LogP contribution in [0, 0.1) is 0 Å². The third-order valence-corrected chi connectivity index (χ3v) is 6.01. The van der Waals surface area contributed by atoms with E-state index in [0.717, 1.165) is 44.9 Å². The maximum Gasteiger partial charge on any atom is 0.306 e. The van der Waals surface area contributed by atoms with Gasteiger partial charge in [0.1, 0.15) is 6.10 Å². The highest BCUT2D eigenvalue weighted by atomic mass is 16.6. The summed E-state index contributed by atoms with van der Waals surface area (Å²) in [6.07, 6.45) is 42.3. The van der Waals surface area contributed by atoms with Crippen LogP contribution in [0.25, 0.3) is 0 Å². The van der Waals surface area contributed by atoms with Crippen molar-refractivity contribution in [3.63, 3.8) is 0 Å². The zero-order valence-corrected chi connectivity index (χ0v) is 25.1. The number of unbranched alkanes of at least 4 members (excludes halogenated alkanes) is 7. The second kappa shape index (κ2) is 32.0. The standard InChI is InChI=1S/C35H58O4/c1-3-5-7-9-11-13-15-17-19-21-23-25-27-29-31-38-33-34(32-36)39-35(37)30-28-26-24-22-20-18-16-14-12-10-8-6-4-2/h6-9,12-15,18,20,24,26,34,36H,3-5,10-11,16-17,19,21-23,25,27-33H2,1-2H3/b8-6-,9-7-,14-12-,15-13-,20-18-,26-24-. The molecule has 0 aliphatic carbocycles. The summed E-state index contributed by atoms with van der Waals surface area (Å²) in [5.74, 6) is -0.289. The van der Waals surface area contributed by atoms with Crippen molar-refractivity contribution in [2.24, 2.45) is 0 Å². The van der Waals surface area contributed by atoms with Gasteiger partial charge in [-0.1, -0.05) is 119 Å². The molecule has 0 saturated carbocycles. The van der Waals surface area contributed by atoms with E-state index in [1.807, 2.05) is 6.08 Å². The fourth-order valence-electron chi connectivity index (χ4n) is 3.73. The Hall–Kier alpha value is -2.17. The summed E-state index contributed by atoms with van der Waals surface area (Å²) < 4.78 is 11.0. The number of rotatable bonds is 27. The molecule has 0 rings (SSSR count). The lowest BCUT2D eigenvalue weighted by molar-refractivity contribution is -0.154. The second-order valence-corrected chi connectivity index (χ2v) is 9.79. The number of carbonyl (C=O) groups excluding carboxylic acids is 1. The van der Waals surface area contributed by atoms with Gasteiger partial charge in [-0.15, -0.1) is 0 Å². The molecule has 0 aromatic heterocycles. The van der Waals surface area contributed by atoms with Gasteiger partial charge < -0.3 is 14.6 Å². The van der Waals surface area contributed by atoms with Crippen LogP contribution in [-0.4, -0.2) is 37.0 Å². The van der Waals surface area contributed by atoms with Gasteiger partial charge in [-0.05, 0) is 64.2 Å². The molecule has 0 saturated heterocycles. The van der Waals surface area contributed by atoms with Gasteiger partial charge in [-0.2, -0.15) is 0 Å². The van der Waals surface area contributed by atoms with Crippen molar-refractivity contribution in [2.75, 3.05) is 19.8 Å². The summed E-state index contributed by atoms with van der Waals surface area (Å²) >= 11 is 0. The largest absolute Gasteiger partial charge is 0.457 e. The quantitative estimate of drug-likeness (QED) is 0.0638. The summed E-state index contributed by atoms with van der Waals surface area (Å²) in [5, 5.41) is 9.49. The molecular formula is C35H58O4. The Morgan fingerprint density at radius 1 is 0.641 bits per heavy atom. The molecule has 4 heteroatoms. The molecule has 1 atom stereocenters. The van der Waals surface area contributed by atoms with Crippen molar-refractivity contribution in [3.05, 3.63) is 72.9 Å². The minimum absolute atomic E-state index is 0.209. The van der Waals surface area contributed by atoms with E-state index >= 15 is 0 Å². The third-order valence-electron chi connectivity index (χ3n) is 6.01. The minimum atomic E-state index is -0.579. The Kier molecular flexibility index (Phi) is 30.3. The summed E-state index contributed by atoms with van der Waals surface area (Å²) in [6, 6.07) is 0. The van der Waals surface area contributed by atoms with Crippen LogP contribution in [0.4, 0.5) is 0 Å². The van der Waals surface area contributed by atoms with Gasteiger partial charge in [0.2, 0.25) is 0 Å². The maximum atomic E-state index is 12.0. The van der Waals surface area contributed by atoms with E-state index in [2.05, 4.69) is 80.7 Å². The minimum Gasteiger partial charge on any atom is -0.457 e. The molecule has 222 valence electrons. The maximum absolute atomic E-state index is 12.0. The highest BCUT2D eigenvalue weighted by molar-refractivity contribution is 5.69. The van der Waals surface area contributed by atoms with Gasteiger partial charge in [0.15, 0.2) is 0 Å². The van der Waals surface area contributed by atoms with Crippen LogP contribution >= 0.6 is 0 Å². The number of carbonyl (C=O) groups is 1. The smallest absolute Gasteiger partial charge is 0.306 e. The molecule has 0 aromatic rings. The highest BCUT2D eigenvalue weighted by Gasteiger charge is 2.13. The van der Waals surface area contributed by atoms with E-state index < -0.39 is 6.10 Å². The van der Waals surface area contributed by atoms with Crippen molar-refractivity contribution >= 4 is 5.97 Å². The van der Waals surface area contributed by atoms with Crippen molar-refractivity contribution in [1.82, 2.24) is 0 Å². The number of allylic oxidation sites excluding steroid dienone is 12. The summed E-state index contributed by atoms with van der Waals surface area (Å²) in [6.45, 7) is 5.03. The Morgan fingerprint density at radius 2 is 1.15 bits per heavy atom. The second-order valence-electron chi connectivity index (χ2n) is 9.79. The SMILES string of the molecule is CC/C=C\C/C=C\C/C=C\C/C=C\CCC(=O)OC(CO)COCCCCCCCC/C=C\C/C=C\CCC. The predicted molar refractivity (Wildman–Crippen MR) is 168 cm³/mol. The van der Waals surface area contributed by atoms with Gasteiger partial charge in [0.05, 0.1) is 13.2 Å². The van der Waals surface area contributed by atoms with Crippen LogP contribution in [0.3, 0.4) is 0 Å². The van der Waals surface area contributed by atoms with Crippen molar-refractivity contribution < 1.29 is 19.4 Å². The molecule has 0 aliphatic heterocycles. The lowest BCUT2D eigenvalue weighted by Crippen LogP contribution is -2.27. The van der Waals surface area contributed by atoms with Gasteiger partial charge in [-0.25, -0.2) is 0 Å². The Labute approximate surface area is 240 Å². The number of aliphatic hydroxyl groups is 1. The molecule has 0 bridgehead atoms. The fraction of sp³-hybridized carbons (Fsp3) is 0.629. The van der Waals surface area contributed by atoms with Crippen LogP contribution in [0.1, 0.15) is 117 Å². The number of aliphatic hydroxyl groups excluding tert-OH is 1. The van der Waals surface area contributed by atoms with E-state index in [1.54, 1.807) is 0 Å². The molecule has 0 radical (unpaired) electrons. The Morgan fingerprint density at radius 3 is 1.74 bits per heavy atom. The first-order valence-electron chi connectivity index (χ1n) is 15.5. The lowest BCUT2D eigenvalue weighted by Gasteiger charge is -2.15. The van der Waals surface area contributed by atoms with E-state index in [4.69, 9.17) is 9.47 Å². The normalized spacial score (nSPS) is 13.4. The molecule has 1 N–H and O–H groups in total. The highest BCUT2D eigenvalue weighted by Crippen LogP contribution is 2.09. The number of ether oxygens (including phenoxy) is 2. The zero-order chi connectivity index (χ0) is 28.5. The topological polar surface area (TPSA) is 55.8 Å². The molecule has 0 heterocycles. The first-order valence-corrected chi connectivity index (χ1v) is 15.5. The first kappa shape index (κ1) is 36.8. The van der Waals surface area contributed by atoms with E-state index in [9.17, 15) is 9.90 Å². The van der Waals surface area contributed by atoms with E-state index in [-0.39, 0.29) is 19.2 Å². The number of esters is 1. The van der Waals surface area contributed by atoms with Gasteiger partial charge in [-0.3, -0.25) is 4.79 Å². The van der Waals surface area contributed by atoms with Crippen LogP contribution in [0.2, 0.25) is 0 Å². The van der Waals surface area contributed by atoms with Crippen molar-refractivity contribution in [1.29, 1.82) is 0 Å². The summed E-state index contributed by atoms with van der Waals surface area (Å²) in [4.78, 5) is 12.0. The number of hydrogen-bond donors (Lipinski definition) is 1.